The van der Waals surface area contributed by atoms with Gasteiger partial charge in [-0.05, 0) is 18.2 Å². The van der Waals surface area contributed by atoms with Crippen molar-refractivity contribution in [1.29, 1.82) is 0 Å². The minimum atomic E-state index is -0.229. The van der Waals surface area contributed by atoms with Gasteiger partial charge >= 0.3 is 0 Å². The first-order valence-electron chi connectivity index (χ1n) is 5.62. The van der Waals surface area contributed by atoms with E-state index in [1.165, 1.54) is 24.3 Å². The van der Waals surface area contributed by atoms with Gasteiger partial charge in [-0.3, -0.25) is 9.59 Å². The molecule has 2 aromatic rings. The Hall–Kier alpha value is -2.84. The maximum atomic E-state index is 12.3. The van der Waals surface area contributed by atoms with E-state index in [-0.39, 0.29) is 17.1 Å². The second kappa shape index (κ2) is 4.12. The molecule has 0 aromatic heterocycles. The maximum absolute atomic E-state index is 12.3. The number of hydrogen-bond acceptors (Lipinski definition) is 4. The summed E-state index contributed by atoms with van der Waals surface area (Å²) in [6, 6.07) is 11.2. The lowest BCUT2D eigenvalue weighted by atomic mass is 9.84. The molecule has 4 heteroatoms. The Balaban J connectivity index is 2.26. The van der Waals surface area contributed by atoms with Crippen LogP contribution >= 0.6 is 0 Å². The van der Waals surface area contributed by atoms with Gasteiger partial charge in [0.2, 0.25) is 6.08 Å². The van der Waals surface area contributed by atoms with E-state index in [0.717, 1.165) is 0 Å². The smallest absolute Gasteiger partial charge is 0.240 e. The molecule has 0 bridgehead atoms. The van der Waals surface area contributed by atoms with Gasteiger partial charge in [-0.15, -0.1) is 0 Å². The average molecular weight is 249 g/mol. The Morgan fingerprint density at radius 1 is 0.789 bits per heavy atom. The van der Waals surface area contributed by atoms with Crippen LogP contribution in [0.1, 0.15) is 31.8 Å². The second-order valence-corrected chi connectivity index (χ2v) is 4.14. The molecular weight excluding hydrogens is 242 g/mol. The standard InChI is InChI=1S/C15H7NO3/c17-8-16-9-5-6-12-13(7-9)15(19)11-4-2-1-3-10(11)14(12)18/h1-7H. The van der Waals surface area contributed by atoms with Crippen LogP contribution in [0.5, 0.6) is 0 Å². The SMILES string of the molecule is O=C=Nc1ccc2c(c1)C(=O)c1ccccc1C2=O. The fraction of sp³-hybridized carbons (Fsp3) is 0. The summed E-state index contributed by atoms with van der Waals surface area (Å²) in [5, 5.41) is 0. The van der Waals surface area contributed by atoms with Crippen molar-refractivity contribution in [1.82, 2.24) is 0 Å². The Morgan fingerprint density at radius 2 is 1.37 bits per heavy atom. The largest absolute Gasteiger partial charge is 0.289 e. The van der Waals surface area contributed by atoms with Gasteiger partial charge in [-0.1, -0.05) is 24.3 Å². The lowest BCUT2D eigenvalue weighted by Crippen LogP contribution is -2.20. The molecule has 19 heavy (non-hydrogen) atoms. The molecule has 1 aliphatic carbocycles. The van der Waals surface area contributed by atoms with E-state index in [9.17, 15) is 14.4 Å². The molecule has 0 unspecified atom stereocenters. The highest BCUT2D eigenvalue weighted by atomic mass is 16.1. The molecule has 0 amide bonds. The number of ketones is 2. The van der Waals surface area contributed by atoms with Gasteiger partial charge in [0, 0.05) is 22.3 Å². The highest BCUT2D eigenvalue weighted by molar-refractivity contribution is 6.28. The molecule has 4 nitrogen and oxygen atoms in total. The lowest BCUT2D eigenvalue weighted by Gasteiger charge is -2.17. The first-order chi connectivity index (χ1) is 9.22. The highest BCUT2D eigenvalue weighted by Gasteiger charge is 2.29. The zero-order valence-corrected chi connectivity index (χ0v) is 9.71. The van der Waals surface area contributed by atoms with Crippen LogP contribution in [0.4, 0.5) is 5.69 Å². The van der Waals surface area contributed by atoms with Gasteiger partial charge in [0.1, 0.15) is 0 Å². The second-order valence-electron chi connectivity index (χ2n) is 4.14. The summed E-state index contributed by atoms with van der Waals surface area (Å²) in [7, 11) is 0. The number of carbonyl (C=O) groups is 2. The molecule has 0 radical (unpaired) electrons. The Morgan fingerprint density at radius 3 is 2.00 bits per heavy atom. The van der Waals surface area contributed by atoms with Gasteiger partial charge in [-0.2, -0.15) is 4.99 Å². The number of aliphatic imine (C=N–C) groups is 1. The van der Waals surface area contributed by atoms with Crippen LogP contribution in [-0.4, -0.2) is 17.6 Å². The molecule has 0 atom stereocenters. The van der Waals surface area contributed by atoms with Crippen LogP contribution in [-0.2, 0) is 4.79 Å². The average Bonchev–Trinajstić information content (AvgIpc) is 2.45. The van der Waals surface area contributed by atoms with Crippen molar-refractivity contribution >= 4 is 23.3 Å². The minimum absolute atomic E-state index is 0.188. The molecule has 3 rings (SSSR count). The molecule has 0 fully saturated rings. The van der Waals surface area contributed by atoms with E-state index in [2.05, 4.69) is 4.99 Å². The van der Waals surface area contributed by atoms with Crippen molar-refractivity contribution in [3.63, 3.8) is 0 Å². The van der Waals surface area contributed by atoms with Crippen molar-refractivity contribution in [3.05, 3.63) is 64.7 Å². The number of nitrogens with zero attached hydrogens (tertiary/aromatic N) is 1. The number of benzene rings is 2. The molecular formula is C15H7NO3. The van der Waals surface area contributed by atoms with Crippen molar-refractivity contribution in [3.8, 4) is 0 Å². The van der Waals surface area contributed by atoms with E-state index < -0.39 is 0 Å². The fourth-order valence-electron chi connectivity index (χ4n) is 2.21. The molecule has 1 aliphatic rings. The minimum Gasteiger partial charge on any atom is -0.289 e. The molecule has 0 spiro atoms. The van der Waals surface area contributed by atoms with E-state index in [1.807, 2.05) is 0 Å². The van der Waals surface area contributed by atoms with Crippen LogP contribution in [0.25, 0.3) is 0 Å². The number of isocyanates is 1. The predicted molar refractivity (Wildman–Crippen MR) is 67.5 cm³/mol. The third kappa shape index (κ3) is 1.63. The topological polar surface area (TPSA) is 63.6 Å². The van der Waals surface area contributed by atoms with Crippen LogP contribution in [0.3, 0.4) is 0 Å². The fourth-order valence-corrected chi connectivity index (χ4v) is 2.21. The third-order valence-corrected chi connectivity index (χ3v) is 3.08. The summed E-state index contributed by atoms with van der Waals surface area (Å²) in [5.74, 6) is -0.417. The van der Waals surface area contributed by atoms with Crippen molar-refractivity contribution in [2.24, 2.45) is 4.99 Å². The summed E-state index contributed by atoms with van der Waals surface area (Å²) in [6.07, 6.45) is 1.41. The lowest BCUT2D eigenvalue weighted by molar-refractivity contribution is 0.0979. The number of hydrogen-bond donors (Lipinski definition) is 0. The van der Waals surface area contributed by atoms with E-state index in [4.69, 9.17) is 0 Å². The molecule has 2 aromatic carbocycles. The monoisotopic (exact) mass is 249 g/mol. The zero-order chi connectivity index (χ0) is 13.4. The summed E-state index contributed by atoms with van der Waals surface area (Å²) >= 11 is 0. The normalized spacial score (nSPS) is 12.4. The summed E-state index contributed by atoms with van der Waals surface area (Å²) in [5.41, 5.74) is 1.72. The van der Waals surface area contributed by atoms with Crippen LogP contribution in [0.2, 0.25) is 0 Å². The number of carbonyl (C=O) groups excluding carboxylic acids is 3. The molecule has 0 aliphatic heterocycles. The van der Waals surface area contributed by atoms with Crippen molar-refractivity contribution < 1.29 is 14.4 Å². The first-order valence-corrected chi connectivity index (χ1v) is 5.62. The van der Waals surface area contributed by atoms with Crippen molar-refractivity contribution in [2.75, 3.05) is 0 Å². The third-order valence-electron chi connectivity index (χ3n) is 3.08. The predicted octanol–water partition coefficient (Wildman–Crippen LogP) is 2.43. The van der Waals surface area contributed by atoms with E-state index in [0.29, 0.717) is 22.4 Å². The zero-order valence-electron chi connectivity index (χ0n) is 9.71. The van der Waals surface area contributed by atoms with E-state index in [1.54, 1.807) is 24.3 Å². The van der Waals surface area contributed by atoms with Crippen LogP contribution in [0, 0.1) is 0 Å². The quantitative estimate of drug-likeness (QED) is 0.491. The summed E-state index contributed by atoms with van der Waals surface area (Å²) < 4.78 is 0. The maximum Gasteiger partial charge on any atom is 0.240 e. The summed E-state index contributed by atoms with van der Waals surface area (Å²) in [4.78, 5) is 38.3. The van der Waals surface area contributed by atoms with Crippen LogP contribution < -0.4 is 0 Å². The molecule has 0 heterocycles. The molecule has 0 saturated heterocycles. The number of rotatable bonds is 1. The first kappa shape index (κ1) is 11.3. The van der Waals surface area contributed by atoms with Gasteiger partial charge < -0.3 is 0 Å². The Kier molecular flexibility index (Phi) is 2.44. The van der Waals surface area contributed by atoms with E-state index >= 15 is 0 Å². The van der Waals surface area contributed by atoms with Crippen molar-refractivity contribution in [2.45, 2.75) is 0 Å². The Bertz CT molecular complexity index is 771. The molecule has 90 valence electrons. The van der Waals surface area contributed by atoms with Gasteiger partial charge in [0.15, 0.2) is 11.6 Å². The Labute approximate surface area is 108 Å². The van der Waals surface area contributed by atoms with Gasteiger partial charge in [-0.25, -0.2) is 4.79 Å². The molecule has 0 saturated carbocycles. The van der Waals surface area contributed by atoms with Crippen LogP contribution in [0.15, 0.2) is 47.5 Å². The molecule has 0 N–H and O–H groups in total. The number of fused-ring (bicyclic) bond motifs is 2. The van der Waals surface area contributed by atoms with Gasteiger partial charge in [0.25, 0.3) is 0 Å². The van der Waals surface area contributed by atoms with Gasteiger partial charge in [0.05, 0.1) is 5.69 Å². The summed E-state index contributed by atoms with van der Waals surface area (Å²) in [6.45, 7) is 0. The highest BCUT2D eigenvalue weighted by Crippen LogP contribution is 2.29.